The first kappa shape index (κ1) is 21.5. The van der Waals surface area contributed by atoms with Crippen LogP contribution < -0.4 is 0 Å². The summed E-state index contributed by atoms with van der Waals surface area (Å²) in [6.45, 7) is 8.80. The van der Waals surface area contributed by atoms with Gasteiger partial charge in [-0.25, -0.2) is 4.79 Å². The second kappa shape index (κ2) is 9.98. The minimum atomic E-state index is -0.476. The van der Waals surface area contributed by atoms with E-state index in [9.17, 15) is 9.59 Å². The molecule has 2 aromatic rings. The fourth-order valence-corrected chi connectivity index (χ4v) is 5.18. The number of carbonyl (C=O) groups is 2. The summed E-state index contributed by atoms with van der Waals surface area (Å²) in [6.07, 6.45) is 1.79. The van der Waals surface area contributed by atoms with Crippen molar-refractivity contribution in [3.05, 3.63) is 71.1 Å². The first-order chi connectivity index (χ1) is 14.0. The molecule has 0 bridgehead atoms. The second-order valence-electron chi connectivity index (χ2n) is 6.63. The zero-order valence-corrected chi connectivity index (χ0v) is 18.3. The number of aryl methyl sites for hydroxylation is 1. The SMILES string of the molecule is C=CCn1c(C)cc(C(=O)COC(=O)c2ccccc2CSC2=NCCS2)c1C. The van der Waals surface area contributed by atoms with Crippen LogP contribution in [0, 0.1) is 13.8 Å². The van der Waals surface area contributed by atoms with Gasteiger partial charge in [-0.05, 0) is 31.5 Å². The number of ketones is 1. The molecule has 5 nitrogen and oxygen atoms in total. The largest absolute Gasteiger partial charge is 0.454 e. The van der Waals surface area contributed by atoms with E-state index >= 15 is 0 Å². The lowest BCUT2D eigenvalue weighted by Gasteiger charge is -2.09. The van der Waals surface area contributed by atoms with Gasteiger partial charge in [-0.2, -0.15) is 0 Å². The van der Waals surface area contributed by atoms with Gasteiger partial charge in [-0.3, -0.25) is 9.79 Å². The molecule has 3 rings (SSSR count). The molecule has 1 aromatic heterocycles. The van der Waals surface area contributed by atoms with Crippen LogP contribution in [-0.4, -0.2) is 39.6 Å². The van der Waals surface area contributed by atoms with Crippen molar-refractivity contribution in [2.24, 2.45) is 4.99 Å². The maximum Gasteiger partial charge on any atom is 0.338 e. The Hall–Kier alpha value is -2.25. The van der Waals surface area contributed by atoms with Gasteiger partial charge in [-0.1, -0.05) is 47.8 Å². The zero-order valence-electron chi connectivity index (χ0n) is 16.6. The highest BCUT2D eigenvalue weighted by atomic mass is 32.2. The average molecular weight is 429 g/mol. The molecule has 7 heteroatoms. The van der Waals surface area contributed by atoms with Gasteiger partial charge in [0.25, 0.3) is 0 Å². The summed E-state index contributed by atoms with van der Waals surface area (Å²) in [7, 11) is 0. The highest BCUT2D eigenvalue weighted by Crippen LogP contribution is 2.26. The molecule has 0 atom stereocenters. The zero-order chi connectivity index (χ0) is 20.8. The van der Waals surface area contributed by atoms with Gasteiger partial charge >= 0.3 is 5.97 Å². The van der Waals surface area contributed by atoms with Crippen LogP contribution in [0.3, 0.4) is 0 Å². The van der Waals surface area contributed by atoms with Crippen molar-refractivity contribution >= 4 is 39.7 Å². The number of esters is 1. The molecule has 1 aliphatic heterocycles. The van der Waals surface area contributed by atoms with Crippen molar-refractivity contribution < 1.29 is 14.3 Å². The number of carbonyl (C=O) groups excluding carboxylic acids is 2. The molecule has 0 amide bonds. The summed E-state index contributed by atoms with van der Waals surface area (Å²) in [5.74, 6) is 0.982. The van der Waals surface area contributed by atoms with E-state index in [0.717, 1.165) is 33.6 Å². The number of aromatic nitrogens is 1. The molecular weight excluding hydrogens is 404 g/mol. The average Bonchev–Trinajstić information content (AvgIpc) is 3.34. The summed E-state index contributed by atoms with van der Waals surface area (Å²) >= 11 is 3.37. The third kappa shape index (κ3) is 5.22. The normalized spacial score (nSPS) is 13.2. The van der Waals surface area contributed by atoms with Crippen LogP contribution in [-0.2, 0) is 17.0 Å². The molecule has 152 valence electrons. The van der Waals surface area contributed by atoms with Crippen LogP contribution in [0.15, 0.2) is 48.0 Å². The van der Waals surface area contributed by atoms with Crippen molar-refractivity contribution in [1.82, 2.24) is 4.57 Å². The molecule has 29 heavy (non-hydrogen) atoms. The summed E-state index contributed by atoms with van der Waals surface area (Å²) in [6, 6.07) is 9.18. The summed E-state index contributed by atoms with van der Waals surface area (Å²) in [5, 5.41) is 0. The molecule has 0 N–H and O–H groups in total. The Bertz CT molecular complexity index is 963. The van der Waals surface area contributed by atoms with E-state index in [1.54, 1.807) is 41.7 Å². The number of aliphatic imine (C=N–C) groups is 1. The molecule has 0 fully saturated rings. The minimum absolute atomic E-state index is 0.203. The third-order valence-electron chi connectivity index (χ3n) is 4.67. The quantitative estimate of drug-likeness (QED) is 0.347. The fraction of sp³-hybridized carbons (Fsp3) is 0.318. The van der Waals surface area contributed by atoms with Gasteiger partial charge in [0.2, 0.25) is 5.78 Å². The maximum atomic E-state index is 12.6. The lowest BCUT2D eigenvalue weighted by atomic mass is 10.1. The van der Waals surface area contributed by atoms with E-state index in [2.05, 4.69) is 11.6 Å². The third-order valence-corrected chi connectivity index (χ3v) is 6.97. The van der Waals surface area contributed by atoms with Crippen LogP contribution in [0.25, 0.3) is 0 Å². The predicted molar refractivity (Wildman–Crippen MR) is 121 cm³/mol. The second-order valence-corrected chi connectivity index (χ2v) is 8.93. The first-order valence-corrected chi connectivity index (χ1v) is 11.3. The fourth-order valence-electron chi connectivity index (χ4n) is 3.17. The monoisotopic (exact) mass is 428 g/mol. The van der Waals surface area contributed by atoms with Crippen molar-refractivity contribution in [1.29, 1.82) is 0 Å². The van der Waals surface area contributed by atoms with Crippen molar-refractivity contribution in [2.45, 2.75) is 26.1 Å². The predicted octanol–water partition coefficient (Wildman–Crippen LogP) is 4.67. The Morgan fingerprint density at radius 2 is 2.10 bits per heavy atom. The number of allylic oxidation sites excluding steroid dienone is 1. The number of Topliss-reactive ketones (excluding diaryl/α,β-unsaturated/α-hetero) is 1. The number of nitrogens with zero attached hydrogens (tertiary/aromatic N) is 2. The Balaban J connectivity index is 1.64. The van der Waals surface area contributed by atoms with Crippen LogP contribution in [0.4, 0.5) is 0 Å². The molecule has 2 heterocycles. The Labute approximate surface area is 179 Å². The topological polar surface area (TPSA) is 60.7 Å². The van der Waals surface area contributed by atoms with Gasteiger partial charge in [0, 0.05) is 35.0 Å². The molecule has 0 spiro atoms. The van der Waals surface area contributed by atoms with E-state index < -0.39 is 5.97 Å². The van der Waals surface area contributed by atoms with E-state index in [0.29, 0.717) is 23.4 Å². The number of hydrogen-bond acceptors (Lipinski definition) is 6. The molecule has 1 aliphatic rings. The van der Waals surface area contributed by atoms with E-state index in [1.165, 1.54) is 0 Å². The Kier molecular flexibility index (Phi) is 7.39. The summed E-state index contributed by atoms with van der Waals surface area (Å²) in [4.78, 5) is 29.7. The van der Waals surface area contributed by atoms with Gasteiger partial charge in [0.15, 0.2) is 6.61 Å². The van der Waals surface area contributed by atoms with Crippen molar-refractivity contribution in [3.63, 3.8) is 0 Å². The number of thioether (sulfide) groups is 2. The molecule has 0 radical (unpaired) electrons. The summed E-state index contributed by atoms with van der Waals surface area (Å²) in [5.41, 5.74) is 3.79. The highest BCUT2D eigenvalue weighted by molar-refractivity contribution is 8.38. The number of rotatable bonds is 8. The minimum Gasteiger partial charge on any atom is -0.454 e. The first-order valence-electron chi connectivity index (χ1n) is 9.37. The Morgan fingerprint density at radius 1 is 1.31 bits per heavy atom. The Morgan fingerprint density at radius 3 is 2.83 bits per heavy atom. The number of benzene rings is 1. The van der Waals surface area contributed by atoms with Gasteiger partial charge in [-0.15, -0.1) is 6.58 Å². The van der Waals surface area contributed by atoms with Crippen LogP contribution in [0.1, 0.15) is 37.7 Å². The van der Waals surface area contributed by atoms with Crippen molar-refractivity contribution in [3.8, 4) is 0 Å². The molecule has 0 unspecified atom stereocenters. The smallest absolute Gasteiger partial charge is 0.338 e. The van der Waals surface area contributed by atoms with Gasteiger partial charge in [0.05, 0.1) is 12.1 Å². The standard InChI is InChI=1S/C22H24N2O3S2/c1-4-10-24-15(2)12-19(16(24)3)20(25)13-27-21(26)18-8-6-5-7-17(18)14-29-22-23-9-11-28-22/h4-8,12H,1,9-11,13-14H2,2-3H3. The van der Waals surface area contributed by atoms with Gasteiger partial charge < -0.3 is 9.30 Å². The van der Waals surface area contributed by atoms with E-state index in [-0.39, 0.29) is 12.4 Å². The number of hydrogen-bond donors (Lipinski definition) is 0. The van der Waals surface area contributed by atoms with Gasteiger partial charge in [0.1, 0.15) is 4.38 Å². The van der Waals surface area contributed by atoms with E-state index in [1.807, 2.05) is 36.6 Å². The molecule has 0 saturated carbocycles. The van der Waals surface area contributed by atoms with Crippen LogP contribution in [0.5, 0.6) is 0 Å². The molecule has 1 aromatic carbocycles. The lowest BCUT2D eigenvalue weighted by Crippen LogP contribution is -2.16. The van der Waals surface area contributed by atoms with Crippen molar-refractivity contribution in [2.75, 3.05) is 18.9 Å². The number of ether oxygens (including phenoxy) is 1. The highest BCUT2D eigenvalue weighted by Gasteiger charge is 2.19. The van der Waals surface area contributed by atoms with E-state index in [4.69, 9.17) is 4.74 Å². The lowest BCUT2D eigenvalue weighted by molar-refractivity contribution is 0.0473. The van der Waals surface area contributed by atoms with Crippen LogP contribution in [0.2, 0.25) is 0 Å². The molecule has 0 aliphatic carbocycles. The van der Waals surface area contributed by atoms with Crippen LogP contribution >= 0.6 is 23.5 Å². The molecule has 0 saturated heterocycles. The summed E-state index contributed by atoms with van der Waals surface area (Å²) < 4.78 is 8.42. The molecular formula is C22H24N2O3S2. The maximum absolute atomic E-state index is 12.6.